The summed E-state index contributed by atoms with van der Waals surface area (Å²) in [5.74, 6) is 0.725. The van der Waals surface area contributed by atoms with Gasteiger partial charge in [0.05, 0.1) is 0 Å². The third-order valence-electron chi connectivity index (χ3n) is 2.82. The Morgan fingerprint density at radius 3 is 2.35 bits per heavy atom. The number of fused-ring (bicyclic) bond motifs is 1. The van der Waals surface area contributed by atoms with Crippen LogP contribution in [-0.4, -0.2) is 17.9 Å². The van der Waals surface area contributed by atoms with Crippen molar-refractivity contribution in [3.63, 3.8) is 0 Å². The average molecular weight is 236 g/mol. The molecule has 92 valence electrons. The lowest BCUT2D eigenvalue weighted by atomic mass is 9.98. The highest BCUT2D eigenvalue weighted by molar-refractivity contribution is 5.67. The van der Waals surface area contributed by atoms with Crippen molar-refractivity contribution in [3.05, 3.63) is 23.3 Å². The maximum atomic E-state index is 10.6. The number of carboxylic acids is 1. The lowest BCUT2D eigenvalue weighted by Gasteiger charge is -2.09. The first kappa shape index (κ1) is 11.8. The molecule has 1 N–H and O–H groups in total. The van der Waals surface area contributed by atoms with Gasteiger partial charge in [0.1, 0.15) is 0 Å². The average Bonchev–Trinajstić information content (AvgIpc) is 2.73. The van der Waals surface area contributed by atoms with Gasteiger partial charge in [-0.1, -0.05) is 13.3 Å². The summed E-state index contributed by atoms with van der Waals surface area (Å²) in [5, 5.41) is 8.73. The smallest absolute Gasteiger partial charge is 0.303 e. The largest absolute Gasteiger partial charge is 0.481 e. The van der Waals surface area contributed by atoms with Crippen molar-refractivity contribution in [2.24, 2.45) is 0 Å². The number of hydrogen-bond donors (Lipinski definition) is 1. The summed E-state index contributed by atoms with van der Waals surface area (Å²) in [7, 11) is 0. The number of aliphatic carboxylic acids is 1. The zero-order valence-electron chi connectivity index (χ0n) is 9.86. The van der Waals surface area contributed by atoms with Crippen molar-refractivity contribution in [2.45, 2.75) is 32.6 Å². The molecule has 1 aliphatic rings. The van der Waals surface area contributed by atoms with Crippen LogP contribution in [0.2, 0.25) is 0 Å². The molecule has 17 heavy (non-hydrogen) atoms. The number of hydrogen-bond acceptors (Lipinski definition) is 3. The summed E-state index contributed by atoms with van der Waals surface area (Å²) >= 11 is 0. The molecule has 0 saturated heterocycles. The summed E-state index contributed by atoms with van der Waals surface area (Å²) in [4.78, 5) is 10.6. The molecule has 1 aliphatic heterocycles. The maximum absolute atomic E-state index is 10.6. The molecule has 4 heteroatoms. The molecule has 0 amide bonds. The van der Waals surface area contributed by atoms with Gasteiger partial charge in [-0.3, -0.25) is 4.79 Å². The molecule has 4 nitrogen and oxygen atoms in total. The van der Waals surface area contributed by atoms with E-state index in [-0.39, 0.29) is 13.2 Å². The van der Waals surface area contributed by atoms with Gasteiger partial charge in [-0.25, -0.2) is 0 Å². The van der Waals surface area contributed by atoms with Gasteiger partial charge in [0, 0.05) is 6.42 Å². The summed E-state index contributed by atoms with van der Waals surface area (Å²) in [6.45, 7) is 2.36. The summed E-state index contributed by atoms with van der Waals surface area (Å²) in [6, 6.07) is 3.89. The molecule has 0 aliphatic carbocycles. The first-order valence-electron chi connectivity index (χ1n) is 5.84. The van der Waals surface area contributed by atoms with Crippen molar-refractivity contribution in [1.29, 1.82) is 0 Å². The fraction of sp³-hybridized carbons (Fsp3) is 0.462. The summed E-state index contributed by atoms with van der Waals surface area (Å²) in [5.41, 5.74) is 2.22. The van der Waals surface area contributed by atoms with Crippen molar-refractivity contribution >= 4 is 5.97 Å². The van der Waals surface area contributed by atoms with Crippen LogP contribution in [0.4, 0.5) is 0 Å². The minimum atomic E-state index is -0.773. The van der Waals surface area contributed by atoms with Crippen LogP contribution >= 0.6 is 0 Å². The first-order chi connectivity index (χ1) is 8.20. The van der Waals surface area contributed by atoms with E-state index in [0.717, 1.165) is 35.5 Å². The Hall–Kier alpha value is -1.71. The van der Waals surface area contributed by atoms with E-state index in [1.54, 1.807) is 0 Å². The van der Waals surface area contributed by atoms with Crippen molar-refractivity contribution < 1.29 is 19.4 Å². The van der Waals surface area contributed by atoms with E-state index in [9.17, 15) is 4.79 Å². The van der Waals surface area contributed by atoms with Gasteiger partial charge in [0.25, 0.3) is 0 Å². The van der Waals surface area contributed by atoms with Crippen LogP contribution in [0.1, 0.15) is 30.9 Å². The van der Waals surface area contributed by atoms with Crippen molar-refractivity contribution in [3.8, 4) is 11.5 Å². The second-order valence-corrected chi connectivity index (χ2v) is 4.12. The van der Waals surface area contributed by atoms with Gasteiger partial charge in [-0.2, -0.15) is 0 Å². The van der Waals surface area contributed by atoms with E-state index in [4.69, 9.17) is 14.6 Å². The van der Waals surface area contributed by atoms with Crippen molar-refractivity contribution in [2.75, 3.05) is 6.79 Å². The van der Waals surface area contributed by atoms with E-state index < -0.39 is 5.97 Å². The molecule has 0 aromatic heterocycles. The van der Waals surface area contributed by atoms with Gasteiger partial charge >= 0.3 is 5.97 Å². The molecular formula is C13H16O4. The number of rotatable bonds is 5. The molecule has 2 rings (SSSR count). The highest BCUT2D eigenvalue weighted by Crippen LogP contribution is 2.35. The second kappa shape index (κ2) is 5.08. The number of aryl methyl sites for hydroxylation is 2. The Balaban J connectivity index is 2.24. The van der Waals surface area contributed by atoms with Gasteiger partial charge in [-0.05, 0) is 36.1 Å². The van der Waals surface area contributed by atoms with Crippen LogP contribution in [0, 0.1) is 0 Å². The zero-order valence-corrected chi connectivity index (χ0v) is 9.86. The van der Waals surface area contributed by atoms with E-state index in [1.807, 2.05) is 12.1 Å². The van der Waals surface area contributed by atoms with Gasteiger partial charge in [0.15, 0.2) is 11.5 Å². The Bertz CT molecular complexity index is 426. The van der Waals surface area contributed by atoms with E-state index in [2.05, 4.69) is 6.92 Å². The number of benzene rings is 1. The van der Waals surface area contributed by atoms with Crippen LogP contribution in [0.3, 0.4) is 0 Å². The first-order valence-corrected chi connectivity index (χ1v) is 5.84. The van der Waals surface area contributed by atoms with Crippen LogP contribution in [0.5, 0.6) is 11.5 Å². The lowest BCUT2D eigenvalue weighted by Crippen LogP contribution is -2.01. The van der Waals surface area contributed by atoms with E-state index >= 15 is 0 Å². The number of ether oxygens (including phenoxy) is 2. The number of carbonyl (C=O) groups is 1. The minimum absolute atomic E-state index is 0.149. The van der Waals surface area contributed by atoms with Crippen LogP contribution in [-0.2, 0) is 17.6 Å². The predicted octanol–water partition coefficient (Wildman–Crippen LogP) is 2.38. The van der Waals surface area contributed by atoms with Gasteiger partial charge < -0.3 is 14.6 Å². The molecule has 1 aromatic rings. The predicted molar refractivity (Wildman–Crippen MR) is 62.5 cm³/mol. The Morgan fingerprint density at radius 1 is 1.24 bits per heavy atom. The maximum Gasteiger partial charge on any atom is 0.303 e. The molecule has 0 fully saturated rings. The van der Waals surface area contributed by atoms with E-state index in [0.29, 0.717) is 6.42 Å². The van der Waals surface area contributed by atoms with Crippen LogP contribution < -0.4 is 9.47 Å². The fourth-order valence-corrected chi connectivity index (χ4v) is 2.00. The summed E-state index contributed by atoms with van der Waals surface area (Å²) < 4.78 is 10.6. The molecule has 1 heterocycles. The fourth-order valence-electron chi connectivity index (χ4n) is 2.00. The molecular weight excluding hydrogens is 220 g/mol. The third-order valence-corrected chi connectivity index (χ3v) is 2.82. The zero-order chi connectivity index (χ0) is 12.3. The highest BCUT2D eigenvalue weighted by atomic mass is 16.7. The third kappa shape index (κ3) is 2.70. The monoisotopic (exact) mass is 236 g/mol. The Kier molecular flexibility index (Phi) is 3.52. The van der Waals surface area contributed by atoms with Gasteiger partial charge in [-0.15, -0.1) is 0 Å². The molecule has 0 spiro atoms. The standard InChI is InChI=1S/C13H16O4/c1-2-3-9-6-11-12(17-8-16-11)7-10(9)4-5-13(14)15/h6-7H,2-5,8H2,1H3,(H,14,15). The molecule has 0 saturated carbocycles. The molecule has 0 unspecified atom stereocenters. The number of carboxylic acid groups (broad SMARTS) is 1. The van der Waals surface area contributed by atoms with E-state index in [1.165, 1.54) is 0 Å². The molecule has 0 atom stereocenters. The molecule has 1 aromatic carbocycles. The second-order valence-electron chi connectivity index (χ2n) is 4.12. The van der Waals surface area contributed by atoms with Crippen LogP contribution in [0.15, 0.2) is 12.1 Å². The van der Waals surface area contributed by atoms with Gasteiger partial charge in [0.2, 0.25) is 6.79 Å². The lowest BCUT2D eigenvalue weighted by molar-refractivity contribution is -0.136. The van der Waals surface area contributed by atoms with Crippen molar-refractivity contribution in [1.82, 2.24) is 0 Å². The quantitative estimate of drug-likeness (QED) is 0.852. The van der Waals surface area contributed by atoms with Crippen LogP contribution in [0.25, 0.3) is 0 Å². The minimum Gasteiger partial charge on any atom is -0.481 e. The topological polar surface area (TPSA) is 55.8 Å². The summed E-state index contributed by atoms with van der Waals surface area (Å²) in [6.07, 6.45) is 2.66. The Labute approximate surface area is 100 Å². The molecule has 0 radical (unpaired) electrons. The highest BCUT2D eigenvalue weighted by Gasteiger charge is 2.17. The molecule has 0 bridgehead atoms. The SMILES string of the molecule is CCCc1cc2c(cc1CCC(=O)O)OCO2. The normalized spacial score (nSPS) is 12.8. The Morgan fingerprint density at radius 2 is 1.82 bits per heavy atom.